The van der Waals surface area contributed by atoms with E-state index in [4.69, 9.17) is 4.74 Å². The van der Waals surface area contributed by atoms with Crippen LogP contribution in [0.25, 0.3) is 0 Å². The summed E-state index contributed by atoms with van der Waals surface area (Å²) in [6, 6.07) is 2.23. The van der Waals surface area contributed by atoms with Crippen molar-refractivity contribution in [1.29, 1.82) is 0 Å². The van der Waals surface area contributed by atoms with E-state index in [1.165, 1.54) is 13.2 Å². The molecule has 0 aromatic heterocycles. The van der Waals surface area contributed by atoms with Gasteiger partial charge in [0, 0.05) is 5.56 Å². The fourth-order valence-electron chi connectivity index (χ4n) is 1.54. The highest BCUT2D eigenvalue weighted by Crippen LogP contribution is 2.32. The Morgan fingerprint density at radius 1 is 1.32 bits per heavy atom. The molecule has 0 aliphatic heterocycles. The van der Waals surface area contributed by atoms with Crippen molar-refractivity contribution in [2.75, 3.05) is 14.2 Å². The Labute approximate surface area is 109 Å². The summed E-state index contributed by atoms with van der Waals surface area (Å²) in [4.78, 5) is 22.1. The second-order valence-electron chi connectivity index (χ2n) is 3.68. The maximum atomic E-state index is 11.1. The first-order valence-electron chi connectivity index (χ1n) is 5.26. The molecule has 7 nitrogen and oxygen atoms in total. The molecule has 1 rings (SSSR count). The highest BCUT2D eigenvalue weighted by Gasteiger charge is 2.29. The molecule has 0 amide bonds. The number of methoxy groups -OCH3 is 2. The second kappa shape index (κ2) is 6.17. The number of phenolic OH excluding ortho intramolecular Hbond substituents is 1. The molecule has 0 saturated carbocycles. The minimum absolute atomic E-state index is 0.0231. The van der Waals surface area contributed by atoms with Gasteiger partial charge in [-0.2, -0.15) is 0 Å². The topological polar surface area (TPSA) is 113 Å². The number of ether oxygens (including phenoxy) is 2. The van der Waals surface area contributed by atoms with Gasteiger partial charge in [-0.05, 0) is 17.7 Å². The van der Waals surface area contributed by atoms with Crippen LogP contribution in [0, 0.1) is 0 Å². The smallest absolute Gasteiger partial charge is 0.337 e. The molecule has 1 aromatic carbocycles. The summed E-state index contributed by atoms with van der Waals surface area (Å²) < 4.78 is 9.09. The van der Waals surface area contributed by atoms with Gasteiger partial charge in [0.25, 0.3) is 0 Å². The molecule has 19 heavy (non-hydrogen) atoms. The van der Waals surface area contributed by atoms with Crippen LogP contribution >= 0.6 is 0 Å². The Morgan fingerprint density at radius 3 is 2.42 bits per heavy atom. The van der Waals surface area contributed by atoms with E-state index in [2.05, 4.69) is 4.74 Å². The SMILES string of the molecule is COC(=O)C(O)C(O)c1cc(O)c(OC)cc1C=O. The van der Waals surface area contributed by atoms with E-state index in [1.54, 1.807) is 0 Å². The zero-order valence-corrected chi connectivity index (χ0v) is 10.4. The van der Waals surface area contributed by atoms with Gasteiger partial charge in [-0.25, -0.2) is 4.79 Å². The molecule has 1 aromatic rings. The van der Waals surface area contributed by atoms with Crippen LogP contribution in [0.5, 0.6) is 11.5 Å². The molecule has 0 aliphatic rings. The van der Waals surface area contributed by atoms with Crippen LogP contribution in [0.4, 0.5) is 0 Å². The fraction of sp³-hybridized carbons (Fsp3) is 0.333. The third-order valence-corrected chi connectivity index (χ3v) is 2.57. The van der Waals surface area contributed by atoms with Gasteiger partial charge in [0.1, 0.15) is 6.10 Å². The molecule has 0 bridgehead atoms. The molecule has 2 unspecified atom stereocenters. The summed E-state index contributed by atoms with van der Waals surface area (Å²) >= 11 is 0. The largest absolute Gasteiger partial charge is 0.504 e. The molecule has 0 aliphatic carbocycles. The number of aromatic hydroxyl groups is 1. The maximum Gasteiger partial charge on any atom is 0.337 e. The van der Waals surface area contributed by atoms with Crippen molar-refractivity contribution in [3.05, 3.63) is 23.3 Å². The summed E-state index contributed by atoms with van der Waals surface area (Å²) in [6.45, 7) is 0. The summed E-state index contributed by atoms with van der Waals surface area (Å²) in [5.74, 6) is -1.36. The number of benzene rings is 1. The molecular formula is C12H14O7. The summed E-state index contributed by atoms with van der Waals surface area (Å²) in [5.41, 5.74) is -0.128. The van der Waals surface area contributed by atoms with E-state index in [-0.39, 0.29) is 22.6 Å². The standard InChI is InChI=1S/C12H14O7/c1-18-9-3-6(5-13)7(4-8(9)14)10(15)11(16)12(17)19-2/h3-5,10-11,14-16H,1-2H3. The van der Waals surface area contributed by atoms with Gasteiger partial charge in [-0.15, -0.1) is 0 Å². The Bertz CT molecular complexity index is 483. The van der Waals surface area contributed by atoms with Gasteiger partial charge in [-0.3, -0.25) is 4.79 Å². The quantitative estimate of drug-likeness (QED) is 0.500. The van der Waals surface area contributed by atoms with Gasteiger partial charge in [0.2, 0.25) is 0 Å². The Morgan fingerprint density at radius 2 is 1.95 bits per heavy atom. The van der Waals surface area contributed by atoms with Crippen LogP contribution in [-0.4, -0.2) is 47.9 Å². The number of hydrogen-bond acceptors (Lipinski definition) is 7. The number of aliphatic hydroxyl groups is 2. The highest BCUT2D eigenvalue weighted by atomic mass is 16.5. The lowest BCUT2D eigenvalue weighted by atomic mass is 9.98. The number of carbonyl (C=O) groups is 2. The van der Waals surface area contributed by atoms with Crippen LogP contribution < -0.4 is 4.74 Å². The van der Waals surface area contributed by atoms with Crippen molar-refractivity contribution < 1.29 is 34.4 Å². The van der Waals surface area contributed by atoms with E-state index in [1.807, 2.05) is 0 Å². The molecular weight excluding hydrogens is 256 g/mol. The number of aliphatic hydroxyl groups excluding tert-OH is 2. The lowest BCUT2D eigenvalue weighted by Gasteiger charge is -2.18. The number of hydrogen-bond donors (Lipinski definition) is 3. The minimum atomic E-state index is -1.86. The number of aldehydes is 1. The van der Waals surface area contributed by atoms with E-state index < -0.39 is 18.2 Å². The van der Waals surface area contributed by atoms with Crippen molar-refractivity contribution in [2.45, 2.75) is 12.2 Å². The van der Waals surface area contributed by atoms with Gasteiger partial charge in [-0.1, -0.05) is 0 Å². The Kier molecular flexibility index (Phi) is 4.85. The average Bonchev–Trinajstić information content (AvgIpc) is 2.44. The first-order chi connectivity index (χ1) is 8.96. The Hall–Kier alpha value is -2.12. The number of rotatable bonds is 5. The van der Waals surface area contributed by atoms with E-state index in [0.29, 0.717) is 6.29 Å². The lowest BCUT2D eigenvalue weighted by molar-refractivity contribution is -0.156. The molecule has 2 atom stereocenters. The third-order valence-electron chi connectivity index (χ3n) is 2.57. The van der Waals surface area contributed by atoms with Crippen molar-refractivity contribution in [3.8, 4) is 11.5 Å². The number of carbonyl (C=O) groups excluding carboxylic acids is 2. The number of phenols is 1. The summed E-state index contributed by atoms with van der Waals surface area (Å²) in [5, 5.41) is 28.9. The molecule has 0 radical (unpaired) electrons. The molecule has 0 saturated heterocycles. The predicted molar refractivity (Wildman–Crippen MR) is 63.0 cm³/mol. The molecule has 0 spiro atoms. The predicted octanol–water partition coefficient (Wildman–Crippen LogP) is -0.219. The number of esters is 1. The van der Waals surface area contributed by atoms with Gasteiger partial charge in [0.05, 0.1) is 14.2 Å². The van der Waals surface area contributed by atoms with Gasteiger partial charge < -0.3 is 24.8 Å². The lowest BCUT2D eigenvalue weighted by Crippen LogP contribution is -2.29. The van der Waals surface area contributed by atoms with Crippen LogP contribution in [0.2, 0.25) is 0 Å². The van der Waals surface area contributed by atoms with Crippen LogP contribution in [0.15, 0.2) is 12.1 Å². The van der Waals surface area contributed by atoms with Crippen molar-refractivity contribution >= 4 is 12.3 Å². The van der Waals surface area contributed by atoms with Crippen molar-refractivity contribution in [1.82, 2.24) is 0 Å². The third kappa shape index (κ3) is 3.01. The minimum Gasteiger partial charge on any atom is -0.504 e. The van der Waals surface area contributed by atoms with Crippen LogP contribution in [-0.2, 0) is 9.53 Å². The van der Waals surface area contributed by atoms with E-state index >= 15 is 0 Å². The zero-order valence-electron chi connectivity index (χ0n) is 10.4. The molecule has 0 heterocycles. The molecule has 7 heteroatoms. The highest BCUT2D eigenvalue weighted by molar-refractivity contribution is 5.81. The van der Waals surface area contributed by atoms with Crippen LogP contribution in [0.1, 0.15) is 22.0 Å². The van der Waals surface area contributed by atoms with Crippen LogP contribution in [0.3, 0.4) is 0 Å². The van der Waals surface area contributed by atoms with Gasteiger partial charge in [0.15, 0.2) is 23.9 Å². The second-order valence-corrected chi connectivity index (χ2v) is 3.68. The summed E-state index contributed by atoms with van der Waals surface area (Å²) in [6.07, 6.45) is -3.16. The molecule has 104 valence electrons. The van der Waals surface area contributed by atoms with Crippen molar-refractivity contribution in [3.63, 3.8) is 0 Å². The first kappa shape index (κ1) is 14.9. The Balaban J connectivity index is 3.22. The normalized spacial score (nSPS) is 13.5. The molecule has 3 N–H and O–H groups in total. The fourth-order valence-corrected chi connectivity index (χ4v) is 1.54. The maximum absolute atomic E-state index is 11.1. The first-order valence-corrected chi connectivity index (χ1v) is 5.26. The van der Waals surface area contributed by atoms with E-state index in [9.17, 15) is 24.9 Å². The van der Waals surface area contributed by atoms with E-state index in [0.717, 1.165) is 13.2 Å². The monoisotopic (exact) mass is 270 g/mol. The summed E-state index contributed by atoms with van der Waals surface area (Å²) in [7, 11) is 2.34. The van der Waals surface area contributed by atoms with Gasteiger partial charge >= 0.3 is 5.97 Å². The molecule has 0 fully saturated rings. The average molecular weight is 270 g/mol. The zero-order chi connectivity index (χ0) is 14.6. The van der Waals surface area contributed by atoms with Crippen molar-refractivity contribution in [2.24, 2.45) is 0 Å².